The van der Waals surface area contributed by atoms with E-state index >= 15 is 0 Å². The van der Waals surface area contributed by atoms with E-state index in [4.69, 9.17) is 5.26 Å². The van der Waals surface area contributed by atoms with Crippen molar-refractivity contribution >= 4 is 21.6 Å². The monoisotopic (exact) mass is 306 g/mol. The zero-order chi connectivity index (χ0) is 13.1. The molecule has 0 unspecified atom stereocenters. The molecule has 0 saturated carbocycles. The fraction of sp³-hybridized carbons (Fsp3) is 0.364. The zero-order valence-electron chi connectivity index (χ0n) is 9.05. The molecule has 0 fully saturated rings. The zero-order valence-corrected chi connectivity index (χ0v) is 10.6. The minimum absolute atomic E-state index is 0.172. The first-order valence-corrected chi connectivity index (χ1v) is 5.60. The Bertz CT molecular complexity index is 437. The van der Waals surface area contributed by atoms with Crippen LogP contribution in [0.1, 0.15) is 12.0 Å². The Kier molecular flexibility index (Phi) is 4.40. The highest BCUT2D eigenvalue weighted by Gasteiger charge is 2.27. The van der Waals surface area contributed by atoms with E-state index in [0.717, 1.165) is 4.47 Å². The maximum Gasteiger partial charge on any atom is 0.390 e. The van der Waals surface area contributed by atoms with Crippen LogP contribution in [0, 0.1) is 11.3 Å². The molecule has 0 aliphatic rings. The van der Waals surface area contributed by atoms with E-state index in [1.165, 1.54) is 11.9 Å². The molecule has 17 heavy (non-hydrogen) atoms. The Morgan fingerprint density at radius 3 is 2.59 bits per heavy atom. The molecule has 2 nitrogen and oxygen atoms in total. The first-order valence-electron chi connectivity index (χ1n) is 4.81. The van der Waals surface area contributed by atoms with Crippen molar-refractivity contribution in [2.45, 2.75) is 12.6 Å². The van der Waals surface area contributed by atoms with E-state index < -0.39 is 12.6 Å². The van der Waals surface area contributed by atoms with Gasteiger partial charge in [-0.15, -0.1) is 0 Å². The smallest absolute Gasteiger partial charge is 0.373 e. The lowest BCUT2D eigenvalue weighted by atomic mass is 10.2. The van der Waals surface area contributed by atoms with Gasteiger partial charge in [-0.1, -0.05) is 15.9 Å². The molecule has 0 spiro atoms. The molecule has 0 amide bonds. The van der Waals surface area contributed by atoms with Gasteiger partial charge in [-0.3, -0.25) is 0 Å². The van der Waals surface area contributed by atoms with E-state index in [1.807, 2.05) is 6.07 Å². The van der Waals surface area contributed by atoms with Gasteiger partial charge in [0.25, 0.3) is 0 Å². The summed E-state index contributed by atoms with van der Waals surface area (Å²) in [6.45, 7) is -0.172. The van der Waals surface area contributed by atoms with Crippen LogP contribution < -0.4 is 4.90 Å². The molecular weight excluding hydrogens is 297 g/mol. The lowest BCUT2D eigenvalue weighted by Crippen LogP contribution is -2.24. The summed E-state index contributed by atoms with van der Waals surface area (Å²) in [5, 5.41) is 8.87. The molecule has 1 aromatic rings. The fourth-order valence-corrected chi connectivity index (χ4v) is 1.68. The van der Waals surface area contributed by atoms with Crippen molar-refractivity contribution in [1.29, 1.82) is 5.26 Å². The molecule has 0 saturated heterocycles. The maximum absolute atomic E-state index is 12.1. The van der Waals surface area contributed by atoms with E-state index in [0.29, 0.717) is 11.3 Å². The standard InChI is InChI=1S/C11H10BrF3N2/c1-17(5-4-11(13,14)15)10-6-9(12)3-2-8(10)7-16/h2-3,6H,4-5H2,1H3. The van der Waals surface area contributed by atoms with Gasteiger partial charge in [0.1, 0.15) is 6.07 Å². The molecule has 0 radical (unpaired) electrons. The molecule has 0 heterocycles. The van der Waals surface area contributed by atoms with Crippen LogP contribution in [0.4, 0.5) is 18.9 Å². The number of alkyl halides is 3. The Hall–Kier alpha value is -1.22. The van der Waals surface area contributed by atoms with E-state index in [2.05, 4.69) is 15.9 Å². The largest absolute Gasteiger partial charge is 0.390 e. The van der Waals surface area contributed by atoms with Crippen molar-refractivity contribution in [1.82, 2.24) is 0 Å². The van der Waals surface area contributed by atoms with Crippen LogP contribution in [0.2, 0.25) is 0 Å². The molecule has 0 aliphatic carbocycles. The molecule has 0 aliphatic heterocycles. The SMILES string of the molecule is CN(CCC(F)(F)F)c1cc(Br)ccc1C#N. The number of nitrogens with zero attached hydrogens (tertiary/aromatic N) is 2. The molecular formula is C11H10BrF3N2. The van der Waals surface area contributed by atoms with Crippen LogP contribution in [0.15, 0.2) is 22.7 Å². The number of hydrogen-bond acceptors (Lipinski definition) is 2. The quantitative estimate of drug-likeness (QED) is 0.851. The van der Waals surface area contributed by atoms with Crippen LogP contribution in [-0.2, 0) is 0 Å². The second-order valence-electron chi connectivity index (χ2n) is 3.56. The van der Waals surface area contributed by atoms with Crippen LogP contribution in [0.3, 0.4) is 0 Å². The molecule has 0 atom stereocenters. The van der Waals surface area contributed by atoms with Crippen molar-refractivity contribution in [3.8, 4) is 6.07 Å². The highest BCUT2D eigenvalue weighted by atomic mass is 79.9. The summed E-state index contributed by atoms with van der Waals surface area (Å²) in [6, 6.07) is 6.84. The molecule has 0 aromatic heterocycles. The number of hydrogen-bond donors (Lipinski definition) is 0. The van der Waals surface area contributed by atoms with Gasteiger partial charge in [-0.25, -0.2) is 0 Å². The highest BCUT2D eigenvalue weighted by molar-refractivity contribution is 9.10. The second kappa shape index (κ2) is 5.41. The van der Waals surface area contributed by atoms with Crippen LogP contribution in [0.25, 0.3) is 0 Å². The minimum Gasteiger partial charge on any atom is -0.373 e. The third kappa shape index (κ3) is 4.27. The van der Waals surface area contributed by atoms with Crippen molar-refractivity contribution in [3.63, 3.8) is 0 Å². The van der Waals surface area contributed by atoms with E-state index in [9.17, 15) is 13.2 Å². The average molecular weight is 307 g/mol. The van der Waals surface area contributed by atoms with Gasteiger partial charge in [0.15, 0.2) is 0 Å². The Labute approximate surface area is 106 Å². The molecule has 92 valence electrons. The lowest BCUT2D eigenvalue weighted by molar-refractivity contribution is -0.132. The molecule has 0 N–H and O–H groups in total. The van der Waals surface area contributed by atoms with Gasteiger partial charge in [-0.05, 0) is 18.2 Å². The van der Waals surface area contributed by atoms with Crippen molar-refractivity contribution in [2.24, 2.45) is 0 Å². The topological polar surface area (TPSA) is 27.0 Å². The summed E-state index contributed by atoms with van der Waals surface area (Å²) in [4.78, 5) is 1.43. The molecule has 0 bridgehead atoms. The van der Waals surface area contributed by atoms with Crippen LogP contribution >= 0.6 is 15.9 Å². The second-order valence-corrected chi connectivity index (χ2v) is 4.48. The van der Waals surface area contributed by atoms with E-state index in [-0.39, 0.29) is 6.54 Å². The molecule has 1 aromatic carbocycles. The summed E-state index contributed by atoms with van der Waals surface area (Å²) < 4.78 is 37.0. The fourth-order valence-electron chi connectivity index (χ4n) is 1.33. The number of rotatable bonds is 3. The first-order chi connectivity index (χ1) is 7.83. The van der Waals surface area contributed by atoms with Crippen molar-refractivity contribution in [3.05, 3.63) is 28.2 Å². The Morgan fingerprint density at radius 2 is 2.06 bits per heavy atom. The summed E-state index contributed by atoms with van der Waals surface area (Å²) >= 11 is 3.23. The Morgan fingerprint density at radius 1 is 1.41 bits per heavy atom. The average Bonchev–Trinajstić information content (AvgIpc) is 2.25. The summed E-state index contributed by atoms with van der Waals surface area (Å²) in [7, 11) is 1.54. The lowest BCUT2D eigenvalue weighted by Gasteiger charge is -2.21. The predicted octanol–water partition coefficient (Wildman–Crippen LogP) is 3.71. The number of nitriles is 1. The summed E-state index contributed by atoms with van der Waals surface area (Å²) in [5.41, 5.74) is 0.851. The van der Waals surface area contributed by atoms with Crippen LogP contribution in [-0.4, -0.2) is 19.8 Å². The first kappa shape index (κ1) is 13.8. The maximum atomic E-state index is 12.1. The third-order valence-electron chi connectivity index (χ3n) is 2.22. The third-order valence-corrected chi connectivity index (χ3v) is 2.72. The Balaban J connectivity index is 2.85. The van der Waals surface area contributed by atoms with Crippen molar-refractivity contribution < 1.29 is 13.2 Å². The normalized spacial score (nSPS) is 11.1. The van der Waals surface area contributed by atoms with Gasteiger partial charge >= 0.3 is 6.18 Å². The molecule has 1 rings (SSSR count). The van der Waals surface area contributed by atoms with E-state index in [1.54, 1.807) is 18.2 Å². The predicted molar refractivity (Wildman–Crippen MR) is 62.8 cm³/mol. The van der Waals surface area contributed by atoms with Gasteiger partial charge in [-0.2, -0.15) is 18.4 Å². The van der Waals surface area contributed by atoms with Gasteiger partial charge in [0.05, 0.1) is 17.7 Å². The number of anilines is 1. The highest BCUT2D eigenvalue weighted by Crippen LogP contribution is 2.26. The molecule has 6 heteroatoms. The summed E-state index contributed by atoms with van der Waals surface area (Å²) in [6.07, 6.45) is -5.09. The van der Waals surface area contributed by atoms with Gasteiger partial charge in [0.2, 0.25) is 0 Å². The van der Waals surface area contributed by atoms with Gasteiger partial charge < -0.3 is 4.90 Å². The number of halogens is 4. The van der Waals surface area contributed by atoms with Crippen LogP contribution in [0.5, 0.6) is 0 Å². The van der Waals surface area contributed by atoms with Crippen molar-refractivity contribution in [2.75, 3.05) is 18.5 Å². The minimum atomic E-state index is -4.19. The number of benzene rings is 1. The van der Waals surface area contributed by atoms with Gasteiger partial charge in [0, 0.05) is 18.1 Å². The summed E-state index contributed by atoms with van der Waals surface area (Å²) in [5.74, 6) is 0.